The number of nitrogens with one attached hydrogen (secondary N) is 1. The van der Waals surface area contributed by atoms with E-state index < -0.39 is 35.4 Å². The van der Waals surface area contributed by atoms with Crippen LogP contribution in [0.15, 0.2) is 40.1 Å². The topological polar surface area (TPSA) is 130 Å². The molecule has 0 saturated carbocycles. The number of hydrogen-bond donors (Lipinski definition) is 1. The van der Waals surface area contributed by atoms with E-state index in [0.29, 0.717) is 29.6 Å². The van der Waals surface area contributed by atoms with Crippen molar-refractivity contribution in [1.82, 2.24) is 44.1 Å². The van der Waals surface area contributed by atoms with Gasteiger partial charge in [-0.25, -0.2) is 32.0 Å². The second kappa shape index (κ2) is 9.74. The average molecular weight is 547 g/mol. The van der Waals surface area contributed by atoms with Crippen LogP contribution in [-0.2, 0) is 26.7 Å². The standard InChI is InChI=1S/C22H18ClF3N10O2/c1-3-36-19(29-31-32-36)10-35-21(37)28-20(27-18-5-12-8-33(2)30-17(12)6-13(18)23)34(22(35)38)9-11-4-15(25)16(26)7-14(11)24/h4-8H,3,9-10H2,1-2H3,(H,27,28,37). The lowest BCUT2D eigenvalue weighted by atomic mass is 10.2. The van der Waals surface area contributed by atoms with Crippen molar-refractivity contribution in [3.8, 4) is 0 Å². The molecule has 0 bridgehead atoms. The molecule has 5 aromatic rings. The highest BCUT2D eigenvalue weighted by atomic mass is 35.5. The lowest BCUT2D eigenvalue weighted by molar-refractivity contribution is 0.484. The van der Waals surface area contributed by atoms with Crippen LogP contribution < -0.4 is 16.7 Å². The molecule has 5 rings (SSSR count). The number of halogens is 4. The van der Waals surface area contributed by atoms with Crippen LogP contribution in [0.4, 0.5) is 24.8 Å². The van der Waals surface area contributed by atoms with Gasteiger partial charge in [0, 0.05) is 36.8 Å². The number of tetrazole rings is 1. The van der Waals surface area contributed by atoms with E-state index in [1.165, 1.54) is 4.68 Å². The monoisotopic (exact) mass is 546 g/mol. The first-order chi connectivity index (χ1) is 18.1. The number of benzene rings is 2. The zero-order valence-corrected chi connectivity index (χ0v) is 20.6. The number of anilines is 2. The van der Waals surface area contributed by atoms with Gasteiger partial charge < -0.3 is 5.32 Å². The van der Waals surface area contributed by atoms with Crippen molar-refractivity contribution in [2.75, 3.05) is 5.32 Å². The molecule has 196 valence electrons. The van der Waals surface area contributed by atoms with E-state index in [-0.39, 0.29) is 34.6 Å². The Hall–Kier alpha value is -4.53. The third-order valence-corrected chi connectivity index (χ3v) is 6.04. The Balaban J connectivity index is 1.65. The summed E-state index contributed by atoms with van der Waals surface area (Å²) >= 11 is 6.39. The van der Waals surface area contributed by atoms with Crippen molar-refractivity contribution in [2.45, 2.75) is 26.6 Å². The van der Waals surface area contributed by atoms with Crippen molar-refractivity contribution in [3.63, 3.8) is 0 Å². The fourth-order valence-corrected chi connectivity index (χ4v) is 4.07. The van der Waals surface area contributed by atoms with Crippen LogP contribution in [0.25, 0.3) is 10.9 Å². The molecule has 0 fully saturated rings. The highest BCUT2D eigenvalue weighted by Crippen LogP contribution is 2.29. The summed E-state index contributed by atoms with van der Waals surface area (Å²) in [6.07, 6.45) is 1.73. The zero-order chi connectivity index (χ0) is 27.1. The van der Waals surface area contributed by atoms with Gasteiger partial charge in [0.2, 0.25) is 5.95 Å². The molecule has 1 N–H and O–H groups in total. The first kappa shape index (κ1) is 25.1. The second-order valence-electron chi connectivity index (χ2n) is 8.26. The Morgan fingerprint density at radius 3 is 2.53 bits per heavy atom. The summed E-state index contributed by atoms with van der Waals surface area (Å²) in [4.78, 5) is 30.4. The Bertz CT molecular complexity index is 1810. The molecule has 0 radical (unpaired) electrons. The number of aromatic nitrogens is 9. The van der Waals surface area contributed by atoms with Crippen LogP contribution in [0, 0.1) is 17.5 Å². The highest BCUT2D eigenvalue weighted by Gasteiger charge is 2.20. The van der Waals surface area contributed by atoms with Gasteiger partial charge in [-0.15, -0.1) is 5.10 Å². The number of rotatable bonds is 7. The second-order valence-corrected chi connectivity index (χ2v) is 8.67. The Morgan fingerprint density at radius 1 is 1.00 bits per heavy atom. The van der Waals surface area contributed by atoms with Crippen LogP contribution in [0.3, 0.4) is 0 Å². The van der Waals surface area contributed by atoms with Gasteiger partial charge in [0.05, 0.1) is 29.3 Å². The summed E-state index contributed by atoms with van der Waals surface area (Å²) in [6, 6.07) is 4.19. The lowest BCUT2D eigenvalue weighted by Crippen LogP contribution is -2.43. The zero-order valence-electron chi connectivity index (χ0n) is 19.9. The normalized spacial score (nSPS) is 11.4. The third-order valence-electron chi connectivity index (χ3n) is 5.73. The predicted molar refractivity (Wildman–Crippen MR) is 130 cm³/mol. The summed E-state index contributed by atoms with van der Waals surface area (Å²) in [7, 11) is 1.73. The van der Waals surface area contributed by atoms with E-state index in [9.17, 15) is 22.8 Å². The number of aryl methyl sites for hydroxylation is 2. The van der Waals surface area contributed by atoms with Crippen molar-refractivity contribution in [2.24, 2.45) is 7.05 Å². The van der Waals surface area contributed by atoms with Crippen molar-refractivity contribution >= 4 is 34.1 Å². The van der Waals surface area contributed by atoms with E-state index in [1.54, 1.807) is 37.0 Å². The molecule has 0 unspecified atom stereocenters. The number of hydrogen-bond acceptors (Lipinski definition) is 8. The first-order valence-corrected chi connectivity index (χ1v) is 11.5. The summed E-state index contributed by atoms with van der Waals surface area (Å²) in [5.74, 6) is -3.89. The molecule has 12 nitrogen and oxygen atoms in total. The molecule has 0 aliphatic rings. The molecule has 2 aromatic carbocycles. The van der Waals surface area contributed by atoms with E-state index >= 15 is 0 Å². The first-order valence-electron chi connectivity index (χ1n) is 11.1. The molecule has 0 atom stereocenters. The SMILES string of the molecule is CCn1nnnc1Cn1c(=O)nc(Nc2cc3cn(C)nc3cc2Cl)n(Cc2cc(F)c(F)cc2F)c1=O. The average Bonchev–Trinajstić information content (AvgIpc) is 3.47. The van der Waals surface area contributed by atoms with Crippen molar-refractivity contribution in [3.05, 3.63) is 85.3 Å². The largest absolute Gasteiger partial charge is 0.355 e. The van der Waals surface area contributed by atoms with E-state index in [0.717, 1.165) is 9.13 Å². The molecule has 0 saturated heterocycles. The molecule has 0 aliphatic carbocycles. The maximum atomic E-state index is 14.5. The van der Waals surface area contributed by atoms with Gasteiger partial charge in [0.15, 0.2) is 17.5 Å². The smallest absolute Gasteiger partial charge is 0.324 e. The molecule has 3 heterocycles. The molecule has 0 aliphatic heterocycles. The summed E-state index contributed by atoms with van der Waals surface area (Å²) in [6.45, 7) is 1.20. The van der Waals surface area contributed by atoms with Gasteiger partial charge in [-0.3, -0.25) is 9.25 Å². The van der Waals surface area contributed by atoms with E-state index in [4.69, 9.17) is 11.6 Å². The fourth-order valence-electron chi connectivity index (χ4n) is 3.87. The molecule has 0 spiro atoms. The van der Waals surface area contributed by atoms with E-state index in [2.05, 4.69) is 30.9 Å². The highest BCUT2D eigenvalue weighted by molar-refractivity contribution is 6.34. The van der Waals surface area contributed by atoms with Gasteiger partial charge in [-0.05, 0) is 35.5 Å². The van der Waals surface area contributed by atoms with E-state index in [1.807, 2.05) is 0 Å². The molecule has 0 amide bonds. The van der Waals surface area contributed by atoms with Crippen LogP contribution in [-0.4, -0.2) is 44.1 Å². The van der Waals surface area contributed by atoms with Gasteiger partial charge in [-0.2, -0.15) is 10.1 Å². The summed E-state index contributed by atoms with van der Waals surface area (Å²) in [5.41, 5.74) is -1.37. The third kappa shape index (κ3) is 4.63. The molecule has 38 heavy (non-hydrogen) atoms. The van der Waals surface area contributed by atoms with Crippen LogP contribution in [0.2, 0.25) is 5.02 Å². The van der Waals surface area contributed by atoms with Gasteiger partial charge in [0.1, 0.15) is 5.82 Å². The minimum absolute atomic E-state index is 0.197. The van der Waals surface area contributed by atoms with Gasteiger partial charge in [-0.1, -0.05) is 11.6 Å². The Kier molecular flexibility index (Phi) is 6.44. The van der Waals surface area contributed by atoms with Gasteiger partial charge in [0.25, 0.3) is 0 Å². The molecule has 3 aromatic heterocycles. The van der Waals surface area contributed by atoms with Crippen LogP contribution >= 0.6 is 11.6 Å². The maximum absolute atomic E-state index is 14.5. The minimum Gasteiger partial charge on any atom is -0.324 e. The molecular weight excluding hydrogens is 529 g/mol. The minimum atomic E-state index is -1.39. The van der Waals surface area contributed by atoms with Crippen LogP contribution in [0.1, 0.15) is 18.3 Å². The summed E-state index contributed by atoms with van der Waals surface area (Å²) in [5, 5.41) is 19.1. The Labute approximate surface area is 215 Å². The molecule has 16 heteroatoms. The fraction of sp³-hybridized carbons (Fsp3) is 0.227. The lowest BCUT2D eigenvalue weighted by Gasteiger charge is -2.16. The van der Waals surface area contributed by atoms with Gasteiger partial charge >= 0.3 is 11.4 Å². The maximum Gasteiger partial charge on any atom is 0.355 e. The Morgan fingerprint density at radius 2 is 1.76 bits per heavy atom. The predicted octanol–water partition coefficient (Wildman–Crippen LogP) is 2.21. The van der Waals surface area contributed by atoms with Crippen molar-refractivity contribution < 1.29 is 13.2 Å². The number of nitrogens with zero attached hydrogens (tertiary/aromatic N) is 9. The quantitative estimate of drug-likeness (QED) is 0.308. The molecular formula is C22H18ClF3N10O2. The summed E-state index contributed by atoms with van der Waals surface area (Å²) < 4.78 is 46.6. The van der Waals surface area contributed by atoms with Crippen molar-refractivity contribution in [1.29, 1.82) is 0 Å². The van der Waals surface area contributed by atoms with Crippen LogP contribution in [0.5, 0.6) is 0 Å². The number of fused-ring (bicyclic) bond motifs is 1.